The summed E-state index contributed by atoms with van der Waals surface area (Å²) in [5.74, 6) is -0.688. The van der Waals surface area contributed by atoms with Crippen LogP contribution < -0.4 is 9.64 Å². The van der Waals surface area contributed by atoms with Gasteiger partial charge < -0.3 is 19.1 Å². The van der Waals surface area contributed by atoms with E-state index in [1.807, 2.05) is 84.9 Å². The summed E-state index contributed by atoms with van der Waals surface area (Å²) in [5, 5.41) is 0. The molecular weight excluding hydrogens is 456 g/mol. The first kappa shape index (κ1) is 24.0. The smallest absolute Gasteiger partial charge is 0.315 e. The summed E-state index contributed by atoms with van der Waals surface area (Å²) >= 11 is 0. The summed E-state index contributed by atoms with van der Waals surface area (Å²) < 4.78 is 16.3. The number of nitrogens with zero attached hydrogens (tertiary/aromatic N) is 2. The minimum absolute atomic E-state index is 0.136. The van der Waals surface area contributed by atoms with Gasteiger partial charge in [0.25, 0.3) is 5.91 Å². The molecule has 3 atom stereocenters. The lowest BCUT2D eigenvalue weighted by atomic mass is 9.63. The van der Waals surface area contributed by atoms with Gasteiger partial charge in [-0.05, 0) is 35.4 Å². The lowest BCUT2D eigenvalue weighted by Crippen LogP contribution is -2.79. The number of anilines is 1. The molecule has 2 aliphatic rings. The van der Waals surface area contributed by atoms with Gasteiger partial charge in [-0.15, -0.1) is 0 Å². The van der Waals surface area contributed by atoms with Crippen molar-refractivity contribution in [1.82, 2.24) is 4.90 Å². The molecule has 2 aliphatic heterocycles. The van der Waals surface area contributed by atoms with Crippen molar-refractivity contribution in [1.29, 1.82) is 0 Å². The number of morpholine rings is 1. The summed E-state index contributed by atoms with van der Waals surface area (Å²) in [7, 11) is 2.99. The lowest BCUT2D eigenvalue weighted by molar-refractivity contribution is -0.165. The second-order valence-electron chi connectivity index (χ2n) is 8.98. The normalized spacial score (nSPS) is 23.0. The number of carbonyl (C=O) groups excluding carboxylic acids is 2. The third-order valence-corrected chi connectivity index (χ3v) is 7.25. The van der Waals surface area contributed by atoms with E-state index in [1.165, 1.54) is 7.11 Å². The first-order chi connectivity index (χ1) is 17.6. The first-order valence-corrected chi connectivity index (χ1v) is 12.1. The van der Waals surface area contributed by atoms with Crippen LogP contribution in [-0.4, -0.2) is 62.8 Å². The second-order valence-corrected chi connectivity index (χ2v) is 8.98. The number of hydrogen-bond acceptors (Lipinski definition) is 6. The van der Waals surface area contributed by atoms with Gasteiger partial charge in [0.05, 0.1) is 33.5 Å². The van der Waals surface area contributed by atoms with Crippen LogP contribution >= 0.6 is 0 Å². The number of ether oxygens (including phenoxy) is 3. The predicted molar refractivity (Wildman–Crippen MR) is 136 cm³/mol. The van der Waals surface area contributed by atoms with E-state index in [4.69, 9.17) is 14.2 Å². The highest BCUT2D eigenvalue weighted by molar-refractivity contribution is 6.13. The number of esters is 1. The Kier molecular flexibility index (Phi) is 6.76. The molecule has 5 rings (SSSR count). The van der Waals surface area contributed by atoms with Crippen molar-refractivity contribution in [2.75, 3.05) is 45.4 Å². The summed E-state index contributed by atoms with van der Waals surface area (Å²) in [5.41, 5.74) is 1.26. The summed E-state index contributed by atoms with van der Waals surface area (Å²) in [6, 6.07) is 26.4. The number of β-lactam (4-membered cyclic amide) rings is 1. The number of rotatable bonds is 7. The van der Waals surface area contributed by atoms with E-state index in [1.54, 1.807) is 12.0 Å². The molecule has 7 nitrogen and oxygen atoms in total. The van der Waals surface area contributed by atoms with Crippen molar-refractivity contribution in [3.63, 3.8) is 0 Å². The van der Waals surface area contributed by atoms with E-state index in [0.29, 0.717) is 32.1 Å². The van der Waals surface area contributed by atoms with Crippen LogP contribution in [0.2, 0.25) is 0 Å². The Hall–Kier alpha value is -3.68. The van der Waals surface area contributed by atoms with Crippen LogP contribution in [0.1, 0.15) is 23.1 Å². The Morgan fingerprint density at radius 3 is 2.11 bits per heavy atom. The number of amides is 1. The number of methoxy groups -OCH3 is 2. The molecule has 2 saturated heterocycles. The standard InChI is InChI=1S/C29H30N2O5/c1-34-24-15-13-23(14-16-24)31-26(22-11-7-4-8-12-22)29(28(31)33,30-17-19-36-20-18-30)25(27(32)35-2)21-9-5-3-6-10-21/h3-16,25-26H,17-20H2,1-2H3. The van der Waals surface area contributed by atoms with Crippen LogP contribution in [0.4, 0.5) is 5.69 Å². The Labute approximate surface area is 211 Å². The van der Waals surface area contributed by atoms with Gasteiger partial charge in [0.15, 0.2) is 0 Å². The summed E-state index contributed by atoms with van der Waals surface area (Å²) in [4.78, 5) is 32.1. The molecule has 0 saturated carbocycles. The van der Waals surface area contributed by atoms with Gasteiger partial charge in [0, 0.05) is 18.8 Å². The molecule has 2 heterocycles. The van der Waals surface area contributed by atoms with E-state index in [0.717, 1.165) is 16.8 Å². The van der Waals surface area contributed by atoms with Crippen LogP contribution in [0.15, 0.2) is 84.9 Å². The van der Waals surface area contributed by atoms with E-state index in [-0.39, 0.29) is 5.91 Å². The third kappa shape index (κ3) is 3.85. The molecule has 1 amide bonds. The zero-order valence-corrected chi connectivity index (χ0v) is 20.5. The maximum absolute atomic E-state index is 14.6. The number of carbonyl (C=O) groups is 2. The van der Waals surface area contributed by atoms with E-state index < -0.39 is 23.5 Å². The van der Waals surface area contributed by atoms with Crippen molar-refractivity contribution in [2.24, 2.45) is 0 Å². The molecule has 3 aromatic carbocycles. The van der Waals surface area contributed by atoms with Crippen molar-refractivity contribution in [2.45, 2.75) is 17.5 Å². The van der Waals surface area contributed by atoms with Crippen LogP contribution in [-0.2, 0) is 19.1 Å². The van der Waals surface area contributed by atoms with Crippen LogP contribution in [0.5, 0.6) is 5.75 Å². The molecule has 0 aromatic heterocycles. The summed E-state index contributed by atoms with van der Waals surface area (Å²) in [6.07, 6.45) is 0. The van der Waals surface area contributed by atoms with Gasteiger partial charge in [-0.25, -0.2) is 0 Å². The average molecular weight is 487 g/mol. The predicted octanol–water partition coefficient (Wildman–Crippen LogP) is 3.81. The molecular formula is C29H30N2O5. The maximum Gasteiger partial charge on any atom is 0.315 e. The Morgan fingerprint density at radius 1 is 0.917 bits per heavy atom. The van der Waals surface area contributed by atoms with Gasteiger partial charge in [-0.2, -0.15) is 0 Å². The molecule has 3 unspecified atom stereocenters. The topological polar surface area (TPSA) is 68.3 Å². The van der Waals surface area contributed by atoms with Gasteiger partial charge in [0.2, 0.25) is 0 Å². The highest BCUT2D eigenvalue weighted by Gasteiger charge is 2.70. The molecule has 7 heteroatoms. The highest BCUT2D eigenvalue weighted by Crippen LogP contribution is 2.56. The number of hydrogen-bond donors (Lipinski definition) is 0. The fourth-order valence-corrected chi connectivity index (χ4v) is 5.64. The molecule has 2 fully saturated rings. The maximum atomic E-state index is 14.6. The molecule has 0 aliphatic carbocycles. The van der Waals surface area contributed by atoms with Crippen molar-refractivity contribution < 1.29 is 23.8 Å². The molecule has 186 valence electrons. The Bertz CT molecular complexity index is 1200. The van der Waals surface area contributed by atoms with Crippen LogP contribution in [0, 0.1) is 0 Å². The minimum Gasteiger partial charge on any atom is -0.497 e. The molecule has 0 radical (unpaired) electrons. The summed E-state index contributed by atoms with van der Waals surface area (Å²) in [6.45, 7) is 2.04. The van der Waals surface area contributed by atoms with E-state index in [9.17, 15) is 9.59 Å². The van der Waals surface area contributed by atoms with Gasteiger partial charge in [-0.1, -0.05) is 60.7 Å². The van der Waals surface area contributed by atoms with Crippen LogP contribution in [0.25, 0.3) is 0 Å². The largest absolute Gasteiger partial charge is 0.497 e. The third-order valence-electron chi connectivity index (χ3n) is 7.25. The van der Waals surface area contributed by atoms with Crippen molar-refractivity contribution in [3.05, 3.63) is 96.1 Å². The molecule has 3 aromatic rings. The zero-order chi connectivity index (χ0) is 25.1. The van der Waals surface area contributed by atoms with Gasteiger partial charge in [0.1, 0.15) is 17.2 Å². The van der Waals surface area contributed by atoms with E-state index >= 15 is 0 Å². The molecule has 36 heavy (non-hydrogen) atoms. The molecule has 0 bridgehead atoms. The Balaban J connectivity index is 1.73. The molecule has 0 spiro atoms. The number of benzene rings is 3. The minimum atomic E-state index is -1.18. The molecule has 0 N–H and O–H groups in total. The second kappa shape index (κ2) is 10.1. The highest BCUT2D eigenvalue weighted by atomic mass is 16.5. The fraction of sp³-hybridized carbons (Fsp3) is 0.310. The fourth-order valence-electron chi connectivity index (χ4n) is 5.64. The van der Waals surface area contributed by atoms with Crippen molar-refractivity contribution >= 4 is 17.6 Å². The lowest BCUT2D eigenvalue weighted by Gasteiger charge is -2.63. The van der Waals surface area contributed by atoms with Gasteiger partial charge >= 0.3 is 5.97 Å². The average Bonchev–Trinajstić information content (AvgIpc) is 2.95. The monoisotopic (exact) mass is 486 g/mol. The van der Waals surface area contributed by atoms with E-state index in [2.05, 4.69) is 4.90 Å². The quantitative estimate of drug-likeness (QED) is 0.374. The van der Waals surface area contributed by atoms with Crippen LogP contribution in [0.3, 0.4) is 0 Å². The zero-order valence-electron chi connectivity index (χ0n) is 20.5. The van der Waals surface area contributed by atoms with Crippen molar-refractivity contribution in [3.8, 4) is 5.75 Å². The SMILES string of the molecule is COC(=O)C(c1ccccc1)C1(N2CCOCC2)C(=O)N(c2ccc(OC)cc2)C1c1ccccc1. The van der Waals surface area contributed by atoms with Gasteiger partial charge in [-0.3, -0.25) is 14.5 Å². The first-order valence-electron chi connectivity index (χ1n) is 12.1. The Morgan fingerprint density at radius 2 is 1.53 bits per heavy atom.